The zero-order valence-electron chi connectivity index (χ0n) is 14.6. The van der Waals surface area contributed by atoms with E-state index in [0.717, 1.165) is 5.56 Å². The highest BCUT2D eigenvalue weighted by atomic mass is 19.1. The first-order valence-corrected chi connectivity index (χ1v) is 8.05. The third-order valence-electron chi connectivity index (χ3n) is 4.77. The molecular weight excluding hydrogens is 311 g/mol. The first-order chi connectivity index (χ1) is 11.1. The maximum Gasteiger partial charge on any atom is 0.307 e. The van der Waals surface area contributed by atoms with Crippen LogP contribution in [0.15, 0.2) is 24.3 Å². The van der Waals surface area contributed by atoms with E-state index in [1.165, 1.54) is 12.1 Å². The van der Waals surface area contributed by atoms with Crippen LogP contribution in [0.5, 0.6) is 0 Å². The molecule has 1 fully saturated rings. The Hall–Kier alpha value is -1.95. The van der Waals surface area contributed by atoms with Gasteiger partial charge in [-0.25, -0.2) is 4.39 Å². The molecule has 2 atom stereocenters. The monoisotopic (exact) mass is 336 g/mol. The summed E-state index contributed by atoms with van der Waals surface area (Å²) in [6.45, 7) is 5.17. The Morgan fingerprint density at radius 3 is 2.17 bits per heavy atom. The van der Waals surface area contributed by atoms with E-state index >= 15 is 0 Å². The largest absolute Gasteiger partial charge is 0.481 e. The molecule has 0 aliphatic heterocycles. The van der Waals surface area contributed by atoms with Crippen LogP contribution < -0.4 is 0 Å². The van der Waals surface area contributed by atoms with Crippen molar-refractivity contribution in [2.45, 2.75) is 20.4 Å². The molecule has 132 valence electrons. The van der Waals surface area contributed by atoms with Crippen LogP contribution in [0.4, 0.5) is 4.39 Å². The van der Waals surface area contributed by atoms with E-state index in [4.69, 9.17) is 0 Å². The molecule has 1 amide bonds. The number of nitrogens with zero attached hydrogens (tertiary/aromatic N) is 2. The number of carboxylic acid groups (broad SMARTS) is 1. The minimum atomic E-state index is -0.923. The highest BCUT2D eigenvalue weighted by Crippen LogP contribution is 2.59. The summed E-state index contributed by atoms with van der Waals surface area (Å²) in [7, 11) is 3.84. The predicted molar refractivity (Wildman–Crippen MR) is 88.8 cm³/mol. The fourth-order valence-electron chi connectivity index (χ4n) is 3.15. The van der Waals surface area contributed by atoms with E-state index < -0.39 is 23.2 Å². The van der Waals surface area contributed by atoms with Crippen LogP contribution in [0.1, 0.15) is 19.4 Å². The number of halogens is 1. The van der Waals surface area contributed by atoms with Crippen molar-refractivity contribution in [3.05, 3.63) is 35.6 Å². The number of carbonyl (C=O) groups is 2. The lowest BCUT2D eigenvalue weighted by Crippen LogP contribution is -2.38. The molecule has 1 N–H and O–H groups in total. The average Bonchev–Trinajstić information content (AvgIpc) is 3.07. The second kappa shape index (κ2) is 6.89. The summed E-state index contributed by atoms with van der Waals surface area (Å²) in [6.07, 6.45) is 0. The van der Waals surface area contributed by atoms with Crippen molar-refractivity contribution in [3.63, 3.8) is 0 Å². The van der Waals surface area contributed by atoms with E-state index in [1.807, 2.05) is 32.8 Å². The van der Waals surface area contributed by atoms with Crippen LogP contribution >= 0.6 is 0 Å². The smallest absolute Gasteiger partial charge is 0.307 e. The van der Waals surface area contributed by atoms with Gasteiger partial charge in [-0.2, -0.15) is 0 Å². The Kier molecular flexibility index (Phi) is 5.28. The number of hydrogen-bond donors (Lipinski definition) is 1. The molecule has 0 saturated heterocycles. The molecule has 0 radical (unpaired) electrons. The van der Waals surface area contributed by atoms with Gasteiger partial charge in [-0.1, -0.05) is 26.0 Å². The van der Waals surface area contributed by atoms with E-state index in [9.17, 15) is 19.1 Å². The zero-order valence-corrected chi connectivity index (χ0v) is 14.6. The minimum absolute atomic E-state index is 0.140. The third-order valence-corrected chi connectivity index (χ3v) is 4.77. The van der Waals surface area contributed by atoms with Gasteiger partial charge in [0, 0.05) is 19.6 Å². The lowest BCUT2D eigenvalue weighted by Gasteiger charge is -2.25. The first-order valence-electron chi connectivity index (χ1n) is 8.05. The lowest BCUT2D eigenvalue weighted by atomic mass is 10.1. The molecule has 0 heterocycles. The number of hydrogen-bond acceptors (Lipinski definition) is 3. The van der Waals surface area contributed by atoms with Gasteiger partial charge >= 0.3 is 5.97 Å². The van der Waals surface area contributed by atoms with Gasteiger partial charge in [0.1, 0.15) is 5.82 Å². The Balaban J connectivity index is 2.15. The maximum absolute atomic E-state index is 13.1. The summed E-state index contributed by atoms with van der Waals surface area (Å²) in [5.41, 5.74) is 0.302. The van der Waals surface area contributed by atoms with Crippen molar-refractivity contribution in [1.82, 2.24) is 9.80 Å². The Morgan fingerprint density at radius 1 is 1.12 bits per heavy atom. The second-order valence-electron chi connectivity index (χ2n) is 7.30. The van der Waals surface area contributed by atoms with Crippen LogP contribution in [0.25, 0.3) is 0 Å². The summed E-state index contributed by atoms with van der Waals surface area (Å²) >= 11 is 0. The standard InChI is InChI=1S/C18H25FN2O3/c1-18(2)14(15(18)17(23)24)16(22)21(10-9-20(3)4)11-12-5-7-13(19)8-6-12/h5-8,14-15H,9-11H2,1-4H3,(H,23,24)/t14-,15+/m0/s1. The average molecular weight is 336 g/mol. The van der Waals surface area contributed by atoms with Crippen LogP contribution in [-0.4, -0.2) is 54.0 Å². The molecule has 1 aromatic carbocycles. The van der Waals surface area contributed by atoms with Gasteiger partial charge in [-0.3, -0.25) is 9.59 Å². The Bertz CT molecular complexity index is 613. The summed E-state index contributed by atoms with van der Waals surface area (Å²) in [5, 5.41) is 9.31. The predicted octanol–water partition coefficient (Wildman–Crippen LogP) is 2.07. The van der Waals surface area contributed by atoms with Gasteiger partial charge in [-0.05, 0) is 37.2 Å². The Morgan fingerprint density at radius 2 is 1.71 bits per heavy atom. The fourth-order valence-corrected chi connectivity index (χ4v) is 3.15. The van der Waals surface area contributed by atoms with Crippen molar-refractivity contribution in [3.8, 4) is 0 Å². The molecule has 24 heavy (non-hydrogen) atoms. The topological polar surface area (TPSA) is 60.9 Å². The number of amides is 1. The lowest BCUT2D eigenvalue weighted by molar-refractivity contribution is -0.142. The number of benzene rings is 1. The molecule has 0 aromatic heterocycles. The first kappa shape index (κ1) is 18.4. The SMILES string of the molecule is CN(C)CCN(Cc1ccc(F)cc1)C(=O)[C@@H]1[C@H](C(=O)O)C1(C)C. The molecule has 0 unspecified atom stereocenters. The summed E-state index contributed by atoms with van der Waals surface area (Å²) < 4.78 is 13.1. The molecule has 1 aromatic rings. The maximum atomic E-state index is 13.1. The highest BCUT2D eigenvalue weighted by Gasteiger charge is 2.66. The molecule has 1 aliphatic rings. The normalized spacial score (nSPS) is 21.6. The molecule has 6 heteroatoms. The van der Waals surface area contributed by atoms with E-state index in [1.54, 1.807) is 17.0 Å². The zero-order chi connectivity index (χ0) is 18.1. The van der Waals surface area contributed by atoms with E-state index in [-0.39, 0.29) is 11.7 Å². The molecular formula is C18H25FN2O3. The van der Waals surface area contributed by atoms with E-state index in [2.05, 4.69) is 0 Å². The van der Waals surface area contributed by atoms with Crippen molar-refractivity contribution in [2.75, 3.05) is 27.2 Å². The van der Waals surface area contributed by atoms with E-state index in [0.29, 0.717) is 19.6 Å². The molecule has 0 bridgehead atoms. The number of likely N-dealkylation sites (N-methyl/N-ethyl adjacent to an activating group) is 1. The van der Waals surface area contributed by atoms with Crippen molar-refractivity contribution < 1.29 is 19.1 Å². The van der Waals surface area contributed by atoms with Crippen molar-refractivity contribution in [2.24, 2.45) is 17.3 Å². The van der Waals surface area contributed by atoms with Crippen LogP contribution in [0.2, 0.25) is 0 Å². The summed E-state index contributed by atoms with van der Waals surface area (Å²) in [4.78, 5) is 27.9. The van der Waals surface area contributed by atoms with Gasteiger partial charge < -0.3 is 14.9 Å². The van der Waals surface area contributed by atoms with Gasteiger partial charge in [0.15, 0.2) is 0 Å². The van der Waals surface area contributed by atoms with Gasteiger partial charge in [0.2, 0.25) is 5.91 Å². The molecule has 5 nitrogen and oxygen atoms in total. The van der Waals surface area contributed by atoms with Crippen molar-refractivity contribution in [1.29, 1.82) is 0 Å². The van der Waals surface area contributed by atoms with Crippen molar-refractivity contribution >= 4 is 11.9 Å². The third kappa shape index (κ3) is 3.93. The second-order valence-corrected chi connectivity index (χ2v) is 7.30. The fraction of sp³-hybridized carbons (Fsp3) is 0.556. The number of carbonyl (C=O) groups excluding carboxylic acids is 1. The van der Waals surface area contributed by atoms with Crippen LogP contribution in [0, 0.1) is 23.1 Å². The number of carboxylic acids is 1. The molecule has 1 aliphatic carbocycles. The van der Waals surface area contributed by atoms with Gasteiger partial charge in [0.05, 0.1) is 11.8 Å². The van der Waals surface area contributed by atoms with Crippen LogP contribution in [-0.2, 0) is 16.1 Å². The van der Waals surface area contributed by atoms with Gasteiger partial charge in [-0.15, -0.1) is 0 Å². The highest BCUT2D eigenvalue weighted by molar-refractivity contribution is 5.91. The van der Waals surface area contributed by atoms with Gasteiger partial charge in [0.25, 0.3) is 0 Å². The summed E-state index contributed by atoms with van der Waals surface area (Å²) in [5.74, 6) is -2.52. The minimum Gasteiger partial charge on any atom is -0.481 e. The molecule has 1 saturated carbocycles. The molecule has 2 rings (SSSR count). The quantitative estimate of drug-likeness (QED) is 0.828. The number of rotatable bonds is 7. The number of aliphatic carboxylic acids is 1. The summed E-state index contributed by atoms with van der Waals surface area (Å²) in [6, 6.07) is 6.03. The molecule has 0 spiro atoms. The Labute approximate surface area is 142 Å². The van der Waals surface area contributed by atoms with Crippen LogP contribution in [0.3, 0.4) is 0 Å².